The maximum absolute atomic E-state index is 10.8. The molecule has 0 fully saturated rings. The van der Waals surface area contributed by atoms with Crippen molar-refractivity contribution in [2.24, 2.45) is 0 Å². The van der Waals surface area contributed by atoms with Crippen LogP contribution in [-0.2, 0) is 0 Å². The third-order valence-electron chi connectivity index (χ3n) is 1.84. The lowest BCUT2D eigenvalue weighted by Gasteiger charge is -2.02. The molecule has 0 spiro atoms. The average Bonchev–Trinajstić information content (AvgIpc) is 2.26. The molecule has 4 N–H and O–H groups in total. The van der Waals surface area contributed by atoms with Crippen LogP contribution in [0.1, 0.15) is 0 Å². The smallest absolute Gasteiger partial charge is 0.320 e. The van der Waals surface area contributed by atoms with Crippen molar-refractivity contribution in [1.29, 1.82) is 0 Å². The van der Waals surface area contributed by atoms with E-state index in [-0.39, 0.29) is 32.8 Å². The topological polar surface area (TPSA) is 147 Å². The maximum Gasteiger partial charge on any atom is 0.320 e. The zero-order valence-corrected chi connectivity index (χ0v) is 10.7. The van der Waals surface area contributed by atoms with Crippen LogP contribution < -0.4 is 11.5 Å². The molecule has 2 aromatic heterocycles. The van der Waals surface area contributed by atoms with Gasteiger partial charge in [0.05, 0.1) is 4.92 Å². The number of halogens is 1. The van der Waals surface area contributed by atoms with Crippen molar-refractivity contribution in [3.05, 3.63) is 27.7 Å². The van der Waals surface area contributed by atoms with E-state index in [9.17, 15) is 10.1 Å². The first kappa shape index (κ1) is 13.2. The van der Waals surface area contributed by atoms with Crippen LogP contribution in [0.5, 0.6) is 0 Å². The molecule has 9 nitrogen and oxygen atoms in total. The predicted molar refractivity (Wildman–Crippen MR) is 68.7 cm³/mol. The lowest BCUT2D eigenvalue weighted by molar-refractivity contribution is -0.388. The van der Waals surface area contributed by atoms with Gasteiger partial charge in [-0.3, -0.25) is 10.1 Å². The summed E-state index contributed by atoms with van der Waals surface area (Å²) in [6, 6.07) is 1.37. The summed E-state index contributed by atoms with van der Waals surface area (Å²) in [5.74, 6) is 0.301. The molecule has 19 heavy (non-hydrogen) atoms. The van der Waals surface area contributed by atoms with Crippen molar-refractivity contribution >= 4 is 40.7 Å². The molecule has 0 aliphatic carbocycles. The Balaban J connectivity index is 2.42. The van der Waals surface area contributed by atoms with E-state index in [2.05, 4.69) is 19.9 Å². The van der Waals surface area contributed by atoms with Crippen LogP contribution in [0, 0.1) is 10.1 Å². The molecule has 0 amide bonds. The van der Waals surface area contributed by atoms with E-state index >= 15 is 0 Å². The Kier molecular flexibility index (Phi) is 3.62. The van der Waals surface area contributed by atoms with E-state index in [1.807, 2.05) is 0 Å². The molecule has 11 heteroatoms. The Morgan fingerprint density at radius 1 is 1.26 bits per heavy atom. The van der Waals surface area contributed by atoms with Gasteiger partial charge in [-0.1, -0.05) is 0 Å². The van der Waals surface area contributed by atoms with Gasteiger partial charge in [-0.2, -0.15) is 0 Å². The second-order valence-corrected chi connectivity index (χ2v) is 4.48. The highest BCUT2D eigenvalue weighted by atomic mass is 35.5. The van der Waals surface area contributed by atoms with Crippen LogP contribution in [0.4, 0.5) is 17.3 Å². The van der Waals surface area contributed by atoms with Gasteiger partial charge in [0.15, 0.2) is 10.2 Å². The summed E-state index contributed by atoms with van der Waals surface area (Å²) in [6.07, 6.45) is 1.01. The highest BCUT2D eigenvalue weighted by Gasteiger charge is 2.19. The normalized spacial score (nSPS) is 10.4. The Morgan fingerprint density at radius 3 is 2.47 bits per heavy atom. The number of hydrogen-bond acceptors (Lipinski definition) is 9. The van der Waals surface area contributed by atoms with Crippen molar-refractivity contribution < 1.29 is 4.92 Å². The quantitative estimate of drug-likeness (QED) is 0.368. The van der Waals surface area contributed by atoms with Crippen molar-refractivity contribution in [2.75, 3.05) is 11.5 Å². The maximum atomic E-state index is 10.8. The molecule has 2 heterocycles. The molecule has 0 atom stereocenters. The van der Waals surface area contributed by atoms with Crippen LogP contribution >= 0.6 is 23.4 Å². The van der Waals surface area contributed by atoms with Crippen molar-refractivity contribution in [2.45, 2.75) is 10.2 Å². The number of aromatic nitrogens is 4. The number of nitrogens with zero attached hydrogens (tertiary/aromatic N) is 5. The molecule has 0 unspecified atom stereocenters. The van der Waals surface area contributed by atoms with Crippen molar-refractivity contribution in [3.8, 4) is 0 Å². The van der Waals surface area contributed by atoms with Gasteiger partial charge in [-0.25, -0.2) is 19.9 Å². The minimum atomic E-state index is -0.631. The molecule has 0 radical (unpaired) electrons. The Bertz CT molecular complexity index is 633. The first-order chi connectivity index (χ1) is 8.95. The van der Waals surface area contributed by atoms with E-state index in [0.717, 1.165) is 18.0 Å². The first-order valence-corrected chi connectivity index (χ1v) is 5.90. The average molecular weight is 300 g/mol. The monoisotopic (exact) mass is 299 g/mol. The SMILES string of the molecule is Nc1cc(N)nc(Sc2nc(Cl)ncc2[N+](=O)[O-])n1. The van der Waals surface area contributed by atoms with Gasteiger partial charge in [0.2, 0.25) is 5.28 Å². The summed E-state index contributed by atoms with van der Waals surface area (Å²) in [7, 11) is 0. The molecule has 0 aliphatic rings. The lowest BCUT2D eigenvalue weighted by Crippen LogP contribution is -2.00. The third kappa shape index (κ3) is 3.17. The largest absolute Gasteiger partial charge is 0.383 e. The van der Waals surface area contributed by atoms with E-state index in [1.165, 1.54) is 6.07 Å². The summed E-state index contributed by atoms with van der Waals surface area (Å²) >= 11 is 6.43. The first-order valence-electron chi connectivity index (χ1n) is 4.70. The van der Waals surface area contributed by atoms with Crippen LogP contribution in [-0.4, -0.2) is 24.9 Å². The zero-order valence-electron chi connectivity index (χ0n) is 9.15. The van der Waals surface area contributed by atoms with Gasteiger partial charge >= 0.3 is 5.69 Å². The molecular formula is C8H6ClN7O2S. The molecule has 0 aliphatic heterocycles. The van der Waals surface area contributed by atoms with Gasteiger partial charge in [0, 0.05) is 6.07 Å². The van der Waals surface area contributed by atoms with Gasteiger partial charge in [-0.15, -0.1) is 0 Å². The van der Waals surface area contributed by atoms with Crippen molar-refractivity contribution in [1.82, 2.24) is 19.9 Å². The highest BCUT2D eigenvalue weighted by Crippen LogP contribution is 2.31. The molecule has 0 bridgehead atoms. The molecule has 98 valence electrons. The zero-order chi connectivity index (χ0) is 14.0. The molecule has 0 saturated carbocycles. The number of nitrogens with two attached hydrogens (primary N) is 2. The number of rotatable bonds is 3. The fourth-order valence-corrected chi connectivity index (χ4v) is 2.16. The number of nitro groups is 1. The van der Waals surface area contributed by atoms with Crippen LogP contribution in [0.2, 0.25) is 5.28 Å². The second-order valence-electron chi connectivity index (χ2n) is 3.19. The predicted octanol–water partition coefficient (Wildman–Crippen LogP) is 1.14. The minimum Gasteiger partial charge on any atom is -0.383 e. The molecule has 2 rings (SSSR count). The molecule has 2 aromatic rings. The summed E-state index contributed by atoms with van der Waals surface area (Å²) in [5, 5.41) is 10.9. The minimum absolute atomic E-state index is 0.00926. The highest BCUT2D eigenvalue weighted by molar-refractivity contribution is 7.99. The third-order valence-corrected chi connectivity index (χ3v) is 2.88. The van der Waals surface area contributed by atoms with Crippen LogP contribution in [0.3, 0.4) is 0 Å². The Hall–Kier alpha value is -2.20. The summed E-state index contributed by atoms with van der Waals surface area (Å²) in [5.41, 5.74) is 10.7. The van der Waals surface area contributed by atoms with Gasteiger partial charge in [0.1, 0.15) is 17.8 Å². The van der Waals surface area contributed by atoms with Crippen molar-refractivity contribution in [3.63, 3.8) is 0 Å². The van der Waals surface area contributed by atoms with Gasteiger partial charge in [-0.05, 0) is 23.4 Å². The fraction of sp³-hybridized carbons (Fsp3) is 0. The van der Waals surface area contributed by atoms with Gasteiger partial charge < -0.3 is 11.5 Å². The number of hydrogen-bond donors (Lipinski definition) is 2. The van der Waals surface area contributed by atoms with Gasteiger partial charge in [0.25, 0.3) is 0 Å². The fourth-order valence-electron chi connectivity index (χ4n) is 1.13. The second kappa shape index (κ2) is 5.20. The van der Waals surface area contributed by atoms with E-state index in [4.69, 9.17) is 23.1 Å². The molecular weight excluding hydrogens is 294 g/mol. The lowest BCUT2D eigenvalue weighted by atomic mass is 10.5. The number of anilines is 2. The van der Waals surface area contributed by atoms with E-state index < -0.39 is 4.92 Å². The Morgan fingerprint density at radius 2 is 1.89 bits per heavy atom. The number of nitrogen functional groups attached to an aromatic ring is 2. The summed E-state index contributed by atoms with van der Waals surface area (Å²) in [4.78, 5) is 25.3. The molecule has 0 aromatic carbocycles. The van der Waals surface area contributed by atoms with Crippen LogP contribution in [0.25, 0.3) is 0 Å². The van der Waals surface area contributed by atoms with E-state index in [1.54, 1.807) is 0 Å². The summed E-state index contributed by atoms with van der Waals surface area (Å²) < 4.78 is 0. The molecule has 0 saturated heterocycles. The summed E-state index contributed by atoms with van der Waals surface area (Å²) in [6.45, 7) is 0. The van der Waals surface area contributed by atoms with E-state index in [0.29, 0.717) is 0 Å². The standard InChI is InChI=1S/C8H6ClN7O2S/c9-7-12-2-3(16(17)18)6(15-7)19-8-13-4(10)1-5(11)14-8/h1-2H,(H4,10,11,13,14). The van der Waals surface area contributed by atoms with Crippen LogP contribution in [0.15, 0.2) is 22.4 Å². The Labute approximate surface area is 115 Å².